The predicted octanol–water partition coefficient (Wildman–Crippen LogP) is 2.20. The SMILES string of the molecule is CNc1ccc([N+](=O)[O-])cc1C(=O)OCC(=O)NC(=O)N[C@@H]1CCCC[C@H]1C. The summed E-state index contributed by atoms with van der Waals surface area (Å²) in [6, 6.07) is 3.04. The number of nitro benzene ring substituents is 1. The first-order chi connectivity index (χ1) is 13.3. The van der Waals surface area contributed by atoms with Gasteiger partial charge in [0, 0.05) is 30.9 Å². The van der Waals surface area contributed by atoms with E-state index in [0.29, 0.717) is 11.6 Å². The molecule has 1 fully saturated rings. The molecule has 1 aromatic rings. The lowest BCUT2D eigenvalue weighted by atomic mass is 9.86. The number of anilines is 1. The number of benzene rings is 1. The first-order valence-electron chi connectivity index (χ1n) is 9.05. The Labute approximate surface area is 162 Å². The third kappa shape index (κ3) is 5.66. The van der Waals surface area contributed by atoms with Crippen LogP contribution in [0, 0.1) is 16.0 Å². The highest BCUT2D eigenvalue weighted by Gasteiger charge is 2.24. The Morgan fingerprint density at radius 2 is 1.96 bits per heavy atom. The lowest BCUT2D eigenvalue weighted by molar-refractivity contribution is -0.384. The number of urea groups is 1. The van der Waals surface area contributed by atoms with Crippen LogP contribution in [0.5, 0.6) is 0 Å². The van der Waals surface area contributed by atoms with Crippen LogP contribution >= 0.6 is 0 Å². The maximum atomic E-state index is 12.2. The van der Waals surface area contributed by atoms with Crippen LogP contribution in [0.2, 0.25) is 0 Å². The molecule has 1 saturated carbocycles. The molecule has 10 heteroatoms. The number of amides is 3. The Morgan fingerprint density at radius 3 is 2.61 bits per heavy atom. The number of nitrogens with zero attached hydrogens (tertiary/aromatic N) is 1. The van der Waals surface area contributed by atoms with Gasteiger partial charge in [0.25, 0.3) is 11.6 Å². The van der Waals surface area contributed by atoms with E-state index in [1.807, 2.05) is 6.92 Å². The van der Waals surface area contributed by atoms with E-state index in [-0.39, 0.29) is 17.3 Å². The molecule has 2 atom stereocenters. The van der Waals surface area contributed by atoms with Crippen molar-refractivity contribution in [3.05, 3.63) is 33.9 Å². The van der Waals surface area contributed by atoms with Crippen molar-refractivity contribution in [3.8, 4) is 0 Å². The van der Waals surface area contributed by atoms with E-state index in [1.165, 1.54) is 12.1 Å². The largest absolute Gasteiger partial charge is 0.452 e. The molecule has 3 N–H and O–H groups in total. The normalized spacial score (nSPS) is 18.6. The third-order valence-electron chi connectivity index (χ3n) is 4.72. The zero-order valence-corrected chi connectivity index (χ0v) is 15.8. The molecule has 3 amide bonds. The number of rotatable bonds is 6. The van der Waals surface area contributed by atoms with E-state index in [9.17, 15) is 24.5 Å². The molecular weight excluding hydrogens is 368 g/mol. The topological polar surface area (TPSA) is 140 Å². The first-order valence-corrected chi connectivity index (χ1v) is 9.05. The molecule has 28 heavy (non-hydrogen) atoms. The molecule has 0 aromatic heterocycles. The smallest absolute Gasteiger partial charge is 0.341 e. The average Bonchev–Trinajstić information content (AvgIpc) is 2.67. The van der Waals surface area contributed by atoms with Gasteiger partial charge in [-0.2, -0.15) is 0 Å². The number of non-ortho nitro benzene ring substituents is 1. The quantitative estimate of drug-likeness (QED) is 0.383. The summed E-state index contributed by atoms with van der Waals surface area (Å²) in [6.07, 6.45) is 4.03. The summed E-state index contributed by atoms with van der Waals surface area (Å²) >= 11 is 0. The molecule has 0 heterocycles. The Kier molecular flexibility index (Phi) is 7.30. The van der Waals surface area contributed by atoms with Crippen LogP contribution in [0.15, 0.2) is 18.2 Å². The van der Waals surface area contributed by atoms with Crippen LogP contribution in [0.1, 0.15) is 43.0 Å². The lowest BCUT2D eigenvalue weighted by Crippen LogP contribution is -2.48. The van der Waals surface area contributed by atoms with Gasteiger partial charge in [0.05, 0.1) is 10.5 Å². The van der Waals surface area contributed by atoms with Gasteiger partial charge in [-0.05, 0) is 24.8 Å². The third-order valence-corrected chi connectivity index (χ3v) is 4.72. The molecule has 0 bridgehead atoms. The standard InChI is InChI=1S/C18H24N4O6/c1-11-5-3-4-6-14(11)20-18(25)21-16(23)10-28-17(24)13-9-12(22(26)27)7-8-15(13)19-2/h7-9,11,14,19H,3-6,10H2,1-2H3,(H2,20,21,23,25)/t11-,14-/m1/s1. The molecule has 10 nitrogen and oxygen atoms in total. The van der Waals surface area contributed by atoms with E-state index in [4.69, 9.17) is 4.74 Å². The van der Waals surface area contributed by atoms with Gasteiger partial charge in [-0.3, -0.25) is 20.2 Å². The van der Waals surface area contributed by atoms with Crippen LogP contribution in [0.3, 0.4) is 0 Å². The number of hydrogen-bond acceptors (Lipinski definition) is 7. The van der Waals surface area contributed by atoms with E-state index >= 15 is 0 Å². The predicted molar refractivity (Wildman–Crippen MR) is 101 cm³/mol. The van der Waals surface area contributed by atoms with Crippen molar-refractivity contribution in [1.29, 1.82) is 0 Å². The molecule has 1 aliphatic carbocycles. The van der Waals surface area contributed by atoms with Gasteiger partial charge in [0.15, 0.2) is 6.61 Å². The van der Waals surface area contributed by atoms with Gasteiger partial charge in [0.1, 0.15) is 0 Å². The van der Waals surface area contributed by atoms with E-state index in [0.717, 1.165) is 31.7 Å². The Morgan fingerprint density at radius 1 is 1.25 bits per heavy atom. The number of nitro groups is 1. The zero-order chi connectivity index (χ0) is 20.7. The number of imide groups is 1. The second-order valence-electron chi connectivity index (χ2n) is 6.70. The Balaban J connectivity index is 1.88. The van der Waals surface area contributed by atoms with Crippen molar-refractivity contribution < 1.29 is 24.0 Å². The highest BCUT2D eigenvalue weighted by atomic mass is 16.6. The monoisotopic (exact) mass is 392 g/mol. The fourth-order valence-electron chi connectivity index (χ4n) is 3.14. The minimum absolute atomic E-state index is 0.00663. The Bertz CT molecular complexity index is 766. The van der Waals surface area contributed by atoms with Crippen molar-refractivity contribution in [2.24, 2.45) is 5.92 Å². The molecule has 152 valence electrons. The highest BCUT2D eigenvalue weighted by Crippen LogP contribution is 2.24. The molecule has 1 aromatic carbocycles. The molecule has 0 aliphatic heterocycles. The summed E-state index contributed by atoms with van der Waals surface area (Å²) in [4.78, 5) is 46.2. The summed E-state index contributed by atoms with van der Waals surface area (Å²) in [5.74, 6) is -1.36. The summed E-state index contributed by atoms with van der Waals surface area (Å²) in [5, 5.41) is 18.5. The molecular formula is C18H24N4O6. The summed E-state index contributed by atoms with van der Waals surface area (Å²) in [5.41, 5.74) is -0.0404. The van der Waals surface area contributed by atoms with Crippen molar-refractivity contribution in [2.75, 3.05) is 19.0 Å². The highest BCUT2D eigenvalue weighted by molar-refractivity contribution is 5.99. The number of esters is 1. The number of carbonyl (C=O) groups excluding carboxylic acids is 3. The molecule has 0 spiro atoms. The van der Waals surface area contributed by atoms with Crippen LogP contribution in [-0.2, 0) is 9.53 Å². The molecule has 1 aliphatic rings. The average molecular weight is 392 g/mol. The molecule has 0 radical (unpaired) electrons. The fourth-order valence-corrected chi connectivity index (χ4v) is 3.14. The van der Waals surface area contributed by atoms with Crippen LogP contribution in [-0.4, -0.2) is 42.5 Å². The second-order valence-corrected chi connectivity index (χ2v) is 6.70. The maximum absolute atomic E-state index is 12.2. The van der Waals surface area contributed by atoms with Crippen LogP contribution < -0.4 is 16.0 Å². The fraction of sp³-hybridized carbons (Fsp3) is 0.500. The zero-order valence-electron chi connectivity index (χ0n) is 15.8. The number of nitrogens with one attached hydrogen (secondary N) is 3. The van der Waals surface area contributed by atoms with Gasteiger partial charge >= 0.3 is 12.0 Å². The molecule has 0 unspecified atom stereocenters. The van der Waals surface area contributed by atoms with Crippen LogP contribution in [0.25, 0.3) is 0 Å². The lowest BCUT2D eigenvalue weighted by Gasteiger charge is -2.29. The minimum Gasteiger partial charge on any atom is -0.452 e. The van der Waals surface area contributed by atoms with Crippen molar-refractivity contribution >= 4 is 29.3 Å². The number of hydrogen-bond donors (Lipinski definition) is 3. The van der Waals surface area contributed by atoms with Gasteiger partial charge in [-0.15, -0.1) is 0 Å². The summed E-state index contributed by atoms with van der Waals surface area (Å²) < 4.78 is 4.89. The summed E-state index contributed by atoms with van der Waals surface area (Å²) in [6.45, 7) is 1.37. The number of ether oxygens (including phenoxy) is 1. The van der Waals surface area contributed by atoms with Gasteiger partial charge in [0.2, 0.25) is 0 Å². The van der Waals surface area contributed by atoms with Gasteiger partial charge < -0.3 is 15.4 Å². The first kappa shape index (κ1) is 21.1. The maximum Gasteiger partial charge on any atom is 0.341 e. The molecule has 2 rings (SSSR count). The van der Waals surface area contributed by atoms with Gasteiger partial charge in [-0.1, -0.05) is 19.8 Å². The van der Waals surface area contributed by atoms with Crippen LogP contribution in [0.4, 0.5) is 16.2 Å². The van der Waals surface area contributed by atoms with Crippen molar-refractivity contribution in [2.45, 2.75) is 38.6 Å². The molecule has 0 saturated heterocycles. The number of carbonyl (C=O) groups is 3. The van der Waals surface area contributed by atoms with E-state index in [2.05, 4.69) is 16.0 Å². The van der Waals surface area contributed by atoms with E-state index in [1.54, 1.807) is 7.05 Å². The van der Waals surface area contributed by atoms with Crippen molar-refractivity contribution in [1.82, 2.24) is 10.6 Å². The van der Waals surface area contributed by atoms with E-state index < -0.39 is 29.4 Å². The summed E-state index contributed by atoms with van der Waals surface area (Å²) in [7, 11) is 1.54. The second kappa shape index (κ2) is 9.67. The minimum atomic E-state index is -0.912. The Hall–Kier alpha value is -3.17. The van der Waals surface area contributed by atoms with Crippen molar-refractivity contribution in [3.63, 3.8) is 0 Å². The van der Waals surface area contributed by atoms with Gasteiger partial charge in [-0.25, -0.2) is 9.59 Å².